The second-order valence-corrected chi connectivity index (χ2v) is 5.57. The van der Waals surface area contributed by atoms with Crippen LogP contribution in [0.1, 0.15) is 32.1 Å². The largest absolute Gasteiger partial charge is 0.481 e. The van der Waals surface area contributed by atoms with E-state index in [2.05, 4.69) is 10.6 Å². The quantitative estimate of drug-likeness (QED) is 0.545. The molecule has 0 heterocycles. The van der Waals surface area contributed by atoms with Gasteiger partial charge in [-0.05, 0) is 38.0 Å². The van der Waals surface area contributed by atoms with Gasteiger partial charge in [-0.1, -0.05) is 0 Å². The minimum absolute atomic E-state index is 0.215. The van der Waals surface area contributed by atoms with Crippen LogP contribution in [0.4, 0.5) is 4.79 Å². The summed E-state index contributed by atoms with van der Waals surface area (Å²) in [6.07, 6.45) is 4.65. The lowest BCUT2D eigenvalue weighted by molar-refractivity contribution is -0.143. The van der Waals surface area contributed by atoms with E-state index in [1.54, 1.807) is 0 Å². The van der Waals surface area contributed by atoms with Crippen LogP contribution in [-0.2, 0) is 9.53 Å². The van der Waals surface area contributed by atoms with Gasteiger partial charge in [-0.25, -0.2) is 4.79 Å². The average Bonchev–Trinajstić information content (AvgIpc) is 3.26. The number of ether oxygens (including phenoxy) is 1. The molecule has 0 bridgehead atoms. The fourth-order valence-electron chi connectivity index (χ4n) is 1.84. The minimum Gasteiger partial charge on any atom is -0.481 e. The Balaban J connectivity index is 1.44. The van der Waals surface area contributed by atoms with E-state index in [0.29, 0.717) is 26.0 Å². The van der Waals surface area contributed by atoms with Gasteiger partial charge in [0.2, 0.25) is 0 Å². The zero-order valence-corrected chi connectivity index (χ0v) is 11.1. The third-order valence-corrected chi connectivity index (χ3v) is 3.70. The summed E-state index contributed by atoms with van der Waals surface area (Å²) in [7, 11) is 0. The summed E-state index contributed by atoms with van der Waals surface area (Å²) in [5.74, 6) is -0.0525. The number of urea groups is 1. The Morgan fingerprint density at radius 3 is 2.58 bits per heavy atom. The Bertz CT molecular complexity index is 338. The first kappa shape index (κ1) is 14.1. The Hall–Kier alpha value is -1.30. The minimum atomic E-state index is -0.818. The van der Waals surface area contributed by atoms with Crippen LogP contribution >= 0.6 is 0 Å². The molecule has 2 saturated carbocycles. The van der Waals surface area contributed by atoms with Crippen molar-refractivity contribution in [3.8, 4) is 0 Å². The highest BCUT2D eigenvalue weighted by Gasteiger charge is 2.50. The van der Waals surface area contributed by atoms with Crippen molar-refractivity contribution in [1.82, 2.24) is 10.6 Å². The van der Waals surface area contributed by atoms with Gasteiger partial charge in [0.1, 0.15) is 0 Å². The first-order valence-electron chi connectivity index (χ1n) is 6.95. The van der Waals surface area contributed by atoms with Gasteiger partial charge < -0.3 is 20.5 Å². The number of hydrogen-bond acceptors (Lipinski definition) is 3. The van der Waals surface area contributed by atoms with Crippen LogP contribution in [0.3, 0.4) is 0 Å². The van der Waals surface area contributed by atoms with Crippen molar-refractivity contribution in [2.24, 2.45) is 11.3 Å². The van der Waals surface area contributed by atoms with E-state index in [9.17, 15) is 9.59 Å². The zero-order valence-electron chi connectivity index (χ0n) is 11.1. The van der Waals surface area contributed by atoms with Crippen molar-refractivity contribution in [3.63, 3.8) is 0 Å². The van der Waals surface area contributed by atoms with Gasteiger partial charge in [0, 0.05) is 26.3 Å². The summed E-state index contributed by atoms with van der Waals surface area (Å²) >= 11 is 0. The molecule has 0 atom stereocenters. The van der Waals surface area contributed by atoms with Crippen LogP contribution in [0.25, 0.3) is 0 Å². The van der Waals surface area contributed by atoms with E-state index in [0.717, 1.165) is 18.9 Å². The fourth-order valence-corrected chi connectivity index (χ4v) is 1.84. The number of carboxylic acid groups (broad SMARTS) is 1. The molecular formula is C13H22N2O4. The number of aliphatic carboxylic acids is 1. The van der Waals surface area contributed by atoms with Gasteiger partial charge in [-0.2, -0.15) is 0 Å². The molecule has 6 nitrogen and oxygen atoms in total. The fraction of sp³-hybridized carbons (Fsp3) is 0.846. The SMILES string of the molecule is O=C(NCCCOCC1CC1)NCC1(C(=O)O)CC1. The molecule has 0 aromatic rings. The monoisotopic (exact) mass is 270 g/mol. The van der Waals surface area contributed by atoms with Gasteiger partial charge in [0.15, 0.2) is 0 Å². The molecule has 2 rings (SSSR count). The normalized spacial score (nSPS) is 19.8. The molecule has 0 spiro atoms. The standard InChI is InChI=1S/C13H22N2O4/c16-11(17)13(4-5-13)9-15-12(18)14-6-1-7-19-8-10-2-3-10/h10H,1-9H2,(H,16,17)(H2,14,15,18). The molecule has 19 heavy (non-hydrogen) atoms. The molecule has 0 aromatic heterocycles. The third-order valence-electron chi connectivity index (χ3n) is 3.70. The van der Waals surface area contributed by atoms with Crippen molar-refractivity contribution in [2.45, 2.75) is 32.1 Å². The summed E-state index contributed by atoms with van der Waals surface area (Å²) in [6.45, 7) is 2.27. The van der Waals surface area contributed by atoms with Crippen LogP contribution in [-0.4, -0.2) is 43.4 Å². The molecule has 2 aliphatic carbocycles. The molecular weight excluding hydrogens is 248 g/mol. The number of carboxylic acids is 1. The number of amides is 2. The van der Waals surface area contributed by atoms with Gasteiger partial charge in [-0.3, -0.25) is 4.79 Å². The van der Waals surface area contributed by atoms with Gasteiger partial charge in [0.25, 0.3) is 0 Å². The van der Waals surface area contributed by atoms with Crippen LogP contribution < -0.4 is 10.6 Å². The van der Waals surface area contributed by atoms with E-state index in [-0.39, 0.29) is 12.6 Å². The Morgan fingerprint density at radius 2 is 2.00 bits per heavy atom. The maximum absolute atomic E-state index is 11.4. The maximum atomic E-state index is 11.4. The third kappa shape index (κ3) is 4.70. The Kier molecular flexibility index (Phi) is 4.63. The molecule has 0 aromatic carbocycles. The molecule has 2 aliphatic rings. The van der Waals surface area contributed by atoms with Crippen molar-refractivity contribution in [2.75, 3.05) is 26.3 Å². The second kappa shape index (κ2) is 6.23. The molecule has 3 N–H and O–H groups in total. The zero-order chi connectivity index (χ0) is 13.7. The lowest BCUT2D eigenvalue weighted by Gasteiger charge is -2.12. The molecule has 0 unspecified atom stereocenters. The van der Waals surface area contributed by atoms with Gasteiger partial charge >= 0.3 is 12.0 Å². The lowest BCUT2D eigenvalue weighted by Crippen LogP contribution is -2.41. The second-order valence-electron chi connectivity index (χ2n) is 5.57. The summed E-state index contributed by atoms with van der Waals surface area (Å²) in [5, 5.41) is 14.3. The number of nitrogens with one attached hydrogen (secondary N) is 2. The molecule has 2 amide bonds. The lowest BCUT2D eigenvalue weighted by atomic mass is 10.1. The topological polar surface area (TPSA) is 87.7 Å². The van der Waals surface area contributed by atoms with E-state index in [1.807, 2.05) is 0 Å². The first-order chi connectivity index (χ1) is 9.12. The molecule has 2 fully saturated rings. The highest BCUT2D eigenvalue weighted by Crippen LogP contribution is 2.45. The van der Waals surface area contributed by atoms with E-state index < -0.39 is 11.4 Å². The van der Waals surface area contributed by atoms with Crippen molar-refractivity contribution >= 4 is 12.0 Å². The number of hydrogen-bond donors (Lipinski definition) is 3. The highest BCUT2D eigenvalue weighted by atomic mass is 16.5. The van der Waals surface area contributed by atoms with E-state index in [4.69, 9.17) is 9.84 Å². The molecule has 0 saturated heterocycles. The van der Waals surface area contributed by atoms with Crippen LogP contribution in [0.15, 0.2) is 0 Å². The predicted molar refractivity (Wildman–Crippen MR) is 68.9 cm³/mol. The predicted octanol–water partition coefficient (Wildman–Crippen LogP) is 0.967. The Labute approximate surface area is 112 Å². The van der Waals surface area contributed by atoms with E-state index >= 15 is 0 Å². The highest BCUT2D eigenvalue weighted by molar-refractivity contribution is 5.80. The summed E-state index contributed by atoms with van der Waals surface area (Å²) < 4.78 is 5.45. The van der Waals surface area contributed by atoms with Crippen LogP contribution in [0, 0.1) is 11.3 Å². The van der Waals surface area contributed by atoms with Crippen LogP contribution in [0.5, 0.6) is 0 Å². The molecule has 0 radical (unpaired) electrons. The number of carbonyl (C=O) groups is 2. The number of rotatable bonds is 9. The van der Waals surface area contributed by atoms with Gasteiger partial charge in [0.05, 0.1) is 5.41 Å². The summed E-state index contributed by atoms with van der Waals surface area (Å²) in [6, 6.07) is -0.297. The Morgan fingerprint density at radius 1 is 1.26 bits per heavy atom. The van der Waals surface area contributed by atoms with Gasteiger partial charge in [-0.15, -0.1) is 0 Å². The maximum Gasteiger partial charge on any atom is 0.314 e. The van der Waals surface area contributed by atoms with Crippen molar-refractivity contribution in [1.29, 1.82) is 0 Å². The smallest absolute Gasteiger partial charge is 0.314 e. The molecule has 108 valence electrons. The van der Waals surface area contributed by atoms with Crippen LogP contribution in [0.2, 0.25) is 0 Å². The number of carbonyl (C=O) groups excluding carboxylic acids is 1. The summed E-state index contributed by atoms with van der Waals surface area (Å²) in [5.41, 5.74) is -0.704. The van der Waals surface area contributed by atoms with Crippen molar-refractivity contribution < 1.29 is 19.4 Å². The summed E-state index contributed by atoms with van der Waals surface area (Å²) in [4.78, 5) is 22.3. The average molecular weight is 270 g/mol. The molecule has 0 aliphatic heterocycles. The molecule has 6 heteroatoms. The van der Waals surface area contributed by atoms with Crippen molar-refractivity contribution in [3.05, 3.63) is 0 Å². The first-order valence-corrected chi connectivity index (χ1v) is 6.95. The van der Waals surface area contributed by atoms with E-state index in [1.165, 1.54) is 12.8 Å².